The molecule has 0 aliphatic rings. The Labute approximate surface area is 135 Å². The lowest BCUT2D eigenvalue weighted by Crippen LogP contribution is -2.14. The van der Waals surface area contributed by atoms with Crippen molar-refractivity contribution in [1.29, 1.82) is 0 Å². The number of para-hydroxylation sites is 1. The Morgan fingerprint density at radius 1 is 1.22 bits per heavy atom. The molecule has 0 aliphatic heterocycles. The SMILES string of the molecule is CCOC(=O)Nc1ccc(NCCc2ccccc2OC)cn1. The van der Waals surface area contributed by atoms with Crippen LogP contribution < -0.4 is 15.4 Å². The van der Waals surface area contributed by atoms with Crippen molar-refractivity contribution >= 4 is 17.6 Å². The fourth-order valence-electron chi connectivity index (χ4n) is 2.10. The summed E-state index contributed by atoms with van der Waals surface area (Å²) >= 11 is 0. The first kappa shape index (κ1) is 16.6. The summed E-state index contributed by atoms with van der Waals surface area (Å²) in [5.74, 6) is 1.35. The zero-order valence-electron chi connectivity index (χ0n) is 13.3. The molecule has 1 aromatic heterocycles. The molecule has 1 heterocycles. The van der Waals surface area contributed by atoms with Crippen LogP contribution in [-0.2, 0) is 11.2 Å². The Morgan fingerprint density at radius 3 is 2.74 bits per heavy atom. The van der Waals surface area contributed by atoms with Crippen LogP contribution in [0.3, 0.4) is 0 Å². The second-order valence-corrected chi connectivity index (χ2v) is 4.77. The summed E-state index contributed by atoms with van der Waals surface area (Å²) in [6, 6.07) is 11.5. The molecule has 2 rings (SSSR count). The van der Waals surface area contributed by atoms with Crippen LogP contribution in [0.2, 0.25) is 0 Å². The van der Waals surface area contributed by atoms with Crippen molar-refractivity contribution in [3.8, 4) is 5.75 Å². The maximum Gasteiger partial charge on any atom is 0.412 e. The van der Waals surface area contributed by atoms with Gasteiger partial charge in [0.1, 0.15) is 11.6 Å². The second-order valence-electron chi connectivity index (χ2n) is 4.77. The smallest absolute Gasteiger partial charge is 0.412 e. The molecule has 0 saturated carbocycles. The van der Waals surface area contributed by atoms with Gasteiger partial charge in [-0.3, -0.25) is 5.32 Å². The van der Waals surface area contributed by atoms with Crippen LogP contribution in [0.4, 0.5) is 16.3 Å². The molecule has 0 unspecified atom stereocenters. The Hall–Kier alpha value is -2.76. The molecule has 0 spiro atoms. The van der Waals surface area contributed by atoms with Crippen LogP contribution in [0.15, 0.2) is 42.6 Å². The highest BCUT2D eigenvalue weighted by atomic mass is 16.5. The van der Waals surface area contributed by atoms with E-state index in [0.717, 1.165) is 30.0 Å². The number of ether oxygens (including phenoxy) is 2. The van der Waals surface area contributed by atoms with Gasteiger partial charge < -0.3 is 14.8 Å². The minimum absolute atomic E-state index is 0.328. The summed E-state index contributed by atoms with van der Waals surface area (Å²) in [4.78, 5) is 15.4. The lowest BCUT2D eigenvalue weighted by Gasteiger charge is -2.10. The van der Waals surface area contributed by atoms with Crippen molar-refractivity contribution in [1.82, 2.24) is 4.98 Å². The van der Waals surface area contributed by atoms with Gasteiger partial charge in [0.2, 0.25) is 0 Å². The van der Waals surface area contributed by atoms with E-state index in [0.29, 0.717) is 12.4 Å². The number of pyridine rings is 1. The van der Waals surface area contributed by atoms with E-state index in [-0.39, 0.29) is 0 Å². The molecule has 6 heteroatoms. The van der Waals surface area contributed by atoms with Crippen molar-refractivity contribution in [2.45, 2.75) is 13.3 Å². The minimum Gasteiger partial charge on any atom is -0.496 e. The van der Waals surface area contributed by atoms with Crippen LogP contribution >= 0.6 is 0 Å². The fraction of sp³-hybridized carbons (Fsp3) is 0.294. The van der Waals surface area contributed by atoms with E-state index in [4.69, 9.17) is 9.47 Å². The van der Waals surface area contributed by atoms with Crippen molar-refractivity contribution in [3.05, 3.63) is 48.2 Å². The molecule has 1 aromatic carbocycles. The zero-order valence-corrected chi connectivity index (χ0v) is 13.3. The third-order valence-corrected chi connectivity index (χ3v) is 3.19. The molecule has 0 bridgehead atoms. The number of amides is 1. The number of nitrogens with zero attached hydrogens (tertiary/aromatic N) is 1. The van der Waals surface area contributed by atoms with Crippen molar-refractivity contribution < 1.29 is 14.3 Å². The topological polar surface area (TPSA) is 72.5 Å². The molecule has 6 nitrogen and oxygen atoms in total. The van der Waals surface area contributed by atoms with E-state index in [1.165, 1.54) is 0 Å². The maximum atomic E-state index is 11.3. The number of methoxy groups -OCH3 is 1. The summed E-state index contributed by atoms with van der Waals surface area (Å²) < 4.78 is 10.1. The molecule has 0 saturated heterocycles. The largest absolute Gasteiger partial charge is 0.496 e. The first-order valence-corrected chi connectivity index (χ1v) is 7.48. The highest BCUT2D eigenvalue weighted by Crippen LogP contribution is 2.18. The highest BCUT2D eigenvalue weighted by Gasteiger charge is 2.04. The number of rotatable bonds is 7. The highest BCUT2D eigenvalue weighted by molar-refractivity contribution is 5.83. The van der Waals surface area contributed by atoms with E-state index >= 15 is 0 Å². The molecule has 1 amide bonds. The summed E-state index contributed by atoms with van der Waals surface area (Å²) in [6.07, 6.45) is 2.01. The van der Waals surface area contributed by atoms with Crippen molar-refractivity contribution in [2.75, 3.05) is 30.9 Å². The summed E-state index contributed by atoms with van der Waals surface area (Å²) in [5, 5.41) is 5.84. The normalized spacial score (nSPS) is 10.0. The molecular formula is C17H21N3O3. The molecule has 0 fully saturated rings. The summed E-state index contributed by atoms with van der Waals surface area (Å²) in [5.41, 5.74) is 2.03. The number of carbonyl (C=O) groups excluding carboxylic acids is 1. The molecule has 0 atom stereocenters. The lowest BCUT2D eigenvalue weighted by atomic mass is 10.1. The molecule has 2 aromatic rings. The minimum atomic E-state index is -0.503. The van der Waals surface area contributed by atoms with Gasteiger partial charge in [0.15, 0.2) is 0 Å². The van der Waals surface area contributed by atoms with Gasteiger partial charge >= 0.3 is 6.09 Å². The summed E-state index contributed by atoms with van der Waals surface area (Å²) in [7, 11) is 1.67. The lowest BCUT2D eigenvalue weighted by molar-refractivity contribution is 0.168. The standard InChI is InChI=1S/C17H21N3O3/c1-3-23-17(21)20-16-9-8-14(12-19-16)18-11-10-13-6-4-5-7-15(13)22-2/h4-9,12,18H,3,10-11H2,1-2H3,(H,19,20,21). The molecular weight excluding hydrogens is 294 g/mol. The Bertz CT molecular complexity index is 629. The number of hydrogen-bond acceptors (Lipinski definition) is 5. The van der Waals surface area contributed by atoms with Crippen LogP contribution in [0.25, 0.3) is 0 Å². The number of carbonyl (C=O) groups is 1. The van der Waals surface area contributed by atoms with Crippen molar-refractivity contribution in [2.24, 2.45) is 0 Å². The molecule has 122 valence electrons. The monoisotopic (exact) mass is 315 g/mol. The van der Waals surface area contributed by atoms with Gasteiger partial charge in [-0.05, 0) is 37.1 Å². The second kappa shape index (κ2) is 8.63. The number of benzene rings is 1. The third-order valence-electron chi connectivity index (χ3n) is 3.19. The molecule has 0 radical (unpaired) electrons. The van der Waals surface area contributed by atoms with E-state index in [2.05, 4.69) is 15.6 Å². The van der Waals surface area contributed by atoms with Gasteiger partial charge in [0, 0.05) is 6.54 Å². The predicted molar refractivity (Wildman–Crippen MR) is 90.1 cm³/mol. The zero-order chi connectivity index (χ0) is 16.5. The first-order valence-electron chi connectivity index (χ1n) is 7.48. The quantitative estimate of drug-likeness (QED) is 0.820. The van der Waals surface area contributed by atoms with Crippen LogP contribution in [0.1, 0.15) is 12.5 Å². The first-order chi connectivity index (χ1) is 11.2. The van der Waals surface area contributed by atoms with Gasteiger partial charge in [-0.25, -0.2) is 9.78 Å². The van der Waals surface area contributed by atoms with Gasteiger partial charge in [0.05, 0.1) is 25.6 Å². The van der Waals surface area contributed by atoms with Crippen LogP contribution in [0.5, 0.6) is 5.75 Å². The number of nitrogens with one attached hydrogen (secondary N) is 2. The van der Waals surface area contributed by atoms with Gasteiger partial charge in [-0.15, -0.1) is 0 Å². The van der Waals surface area contributed by atoms with E-state index in [9.17, 15) is 4.79 Å². The van der Waals surface area contributed by atoms with Crippen LogP contribution in [-0.4, -0.2) is 31.3 Å². The predicted octanol–water partition coefficient (Wildman–Crippen LogP) is 3.31. The molecule has 0 aliphatic carbocycles. The van der Waals surface area contributed by atoms with E-state index in [1.807, 2.05) is 30.3 Å². The van der Waals surface area contributed by atoms with E-state index < -0.39 is 6.09 Å². The van der Waals surface area contributed by atoms with Crippen molar-refractivity contribution in [3.63, 3.8) is 0 Å². The fourth-order valence-corrected chi connectivity index (χ4v) is 2.10. The van der Waals surface area contributed by atoms with Gasteiger partial charge in [0.25, 0.3) is 0 Å². The average molecular weight is 315 g/mol. The number of hydrogen-bond donors (Lipinski definition) is 2. The molecule has 23 heavy (non-hydrogen) atoms. The van der Waals surface area contributed by atoms with Gasteiger partial charge in [-0.2, -0.15) is 0 Å². The number of aromatic nitrogens is 1. The molecule has 2 N–H and O–H groups in total. The van der Waals surface area contributed by atoms with Gasteiger partial charge in [-0.1, -0.05) is 18.2 Å². The van der Waals surface area contributed by atoms with E-state index in [1.54, 1.807) is 26.3 Å². The Morgan fingerprint density at radius 2 is 2.04 bits per heavy atom. The Balaban J connectivity index is 1.83. The maximum absolute atomic E-state index is 11.3. The average Bonchev–Trinajstić information content (AvgIpc) is 2.57. The summed E-state index contributed by atoms with van der Waals surface area (Å²) in [6.45, 7) is 2.84. The van der Waals surface area contributed by atoms with Crippen LogP contribution in [0, 0.1) is 0 Å². The Kier molecular flexibility index (Phi) is 6.23. The third kappa shape index (κ3) is 5.18. The number of anilines is 2.